The number of rotatable bonds is 7. The van der Waals surface area contributed by atoms with Crippen LogP contribution in [0.2, 0.25) is 10.0 Å². The first kappa shape index (κ1) is 20.6. The fourth-order valence-corrected chi connectivity index (χ4v) is 2.68. The van der Waals surface area contributed by atoms with Crippen molar-refractivity contribution in [1.82, 2.24) is 0 Å². The third-order valence-electron chi connectivity index (χ3n) is 4.42. The average molecular weight is 425 g/mol. The van der Waals surface area contributed by atoms with E-state index in [1.54, 1.807) is 18.2 Å². The van der Waals surface area contributed by atoms with Crippen molar-refractivity contribution in [2.24, 2.45) is 11.8 Å². The molecule has 2 aliphatic carbocycles. The van der Waals surface area contributed by atoms with Crippen LogP contribution in [0.3, 0.4) is 0 Å². The minimum Gasteiger partial charge on any atom is -0.492 e. The highest BCUT2D eigenvalue weighted by molar-refractivity contribution is 6.32. The third kappa shape index (κ3) is 6.46. The molecule has 150 valence electrons. The molecule has 2 saturated carbocycles. The van der Waals surface area contributed by atoms with Gasteiger partial charge < -0.3 is 15.2 Å². The number of nitrogen functional groups attached to an aromatic ring is 1. The Bertz CT molecular complexity index is 839. The molecular weight excluding hydrogens is 403 g/mol. The number of nitrogens with two attached hydrogens (primary N) is 1. The molecule has 0 unspecified atom stereocenters. The minimum absolute atomic E-state index is 0.00481. The van der Waals surface area contributed by atoms with Crippen molar-refractivity contribution in [1.29, 1.82) is 0 Å². The Balaban J connectivity index is 0.000000162. The van der Waals surface area contributed by atoms with Gasteiger partial charge in [-0.2, -0.15) is 0 Å². The summed E-state index contributed by atoms with van der Waals surface area (Å²) in [5, 5.41) is 11.6. The highest BCUT2D eigenvalue weighted by atomic mass is 35.5. The van der Waals surface area contributed by atoms with Crippen molar-refractivity contribution in [3.8, 4) is 11.5 Å². The predicted molar refractivity (Wildman–Crippen MR) is 110 cm³/mol. The maximum Gasteiger partial charge on any atom is 0.273 e. The lowest BCUT2D eigenvalue weighted by atomic mass is 10.3. The molecule has 0 spiro atoms. The number of nitro benzene ring substituents is 1. The number of nitrogens with zero attached hydrogens (tertiary/aromatic N) is 1. The highest BCUT2D eigenvalue weighted by Gasteiger charge is 2.23. The van der Waals surface area contributed by atoms with Crippen LogP contribution in [-0.4, -0.2) is 18.1 Å². The molecular formula is C20H22Cl2N2O4. The zero-order chi connectivity index (χ0) is 20.1. The summed E-state index contributed by atoms with van der Waals surface area (Å²) in [6, 6.07) is 9.52. The van der Waals surface area contributed by atoms with Crippen LogP contribution in [0.25, 0.3) is 0 Å². The second-order valence-corrected chi connectivity index (χ2v) is 7.88. The summed E-state index contributed by atoms with van der Waals surface area (Å²) in [5.41, 5.74) is 6.31. The number of halogens is 2. The van der Waals surface area contributed by atoms with Gasteiger partial charge in [-0.3, -0.25) is 10.1 Å². The fraction of sp³-hybridized carbons (Fsp3) is 0.400. The van der Waals surface area contributed by atoms with Crippen LogP contribution in [0, 0.1) is 22.0 Å². The van der Waals surface area contributed by atoms with Crippen molar-refractivity contribution in [3.05, 3.63) is 56.6 Å². The number of anilines is 1. The number of benzene rings is 2. The van der Waals surface area contributed by atoms with E-state index in [-0.39, 0.29) is 5.69 Å². The van der Waals surface area contributed by atoms with E-state index in [0.717, 1.165) is 12.5 Å². The zero-order valence-corrected chi connectivity index (χ0v) is 16.8. The Labute approximate surface area is 173 Å². The van der Waals surface area contributed by atoms with Gasteiger partial charge in [0, 0.05) is 17.8 Å². The lowest BCUT2D eigenvalue weighted by Crippen LogP contribution is -2.00. The van der Waals surface area contributed by atoms with Gasteiger partial charge in [0.15, 0.2) is 0 Å². The summed E-state index contributed by atoms with van der Waals surface area (Å²) < 4.78 is 10.9. The SMILES string of the molecule is Nc1ccc(Cl)c(OCC2CC2)c1.O=[N+]([O-])c1ccc(Cl)c(OCC2CC2)c1. The largest absolute Gasteiger partial charge is 0.492 e. The van der Waals surface area contributed by atoms with Gasteiger partial charge in [-0.1, -0.05) is 23.2 Å². The molecule has 6 nitrogen and oxygen atoms in total. The Morgan fingerprint density at radius 3 is 1.93 bits per heavy atom. The minimum atomic E-state index is -0.458. The number of ether oxygens (including phenoxy) is 2. The summed E-state index contributed by atoms with van der Waals surface area (Å²) in [6.07, 6.45) is 4.90. The van der Waals surface area contributed by atoms with Gasteiger partial charge in [0.2, 0.25) is 0 Å². The standard InChI is InChI=1S/C10H10ClNO3.C10H12ClNO/c11-9-4-3-8(12(13)14)5-10(9)15-6-7-1-2-7;11-9-4-3-8(12)5-10(9)13-6-7-1-2-7/h3-5,7H,1-2,6H2;3-5,7H,1-2,6,12H2. The van der Waals surface area contributed by atoms with Gasteiger partial charge in [-0.05, 0) is 55.7 Å². The molecule has 0 heterocycles. The Morgan fingerprint density at radius 2 is 1.43 bits per heavy atom. The molecule has 0 bridgehead atoms. The van der Waals surface area contributed by atoms with E-state index >= 15 is 0 Å². The Hall–Kier alpha value is -2.18. The van der Waals surface area contributed by atoms with Crippen LogP contribution in [0.5, 0.6) is 11.5 Å². The van der Waals surface area contributed by atoms with Gasteiger partial charge >= 0.3 is 0 Å². The molecule has 0 saturated heterocycles. The first-order chi connectivity index (χ1) is 13.4. The zero-order valence-electron chi connectivity index (χ0n) is 15.3. The topological polar surface area (TPSA) is 87.6 Å². The molecule has 0 aromatic heterocycles. The quantitative estimate of drug-likeness (QED) is 0.347. The van der Waals surface area contributed by atoms with Crippen molar-refractivity contribution < 1.29 is 14.4 Å². The third-order valence-corrected chi connectivity index (χ3v) is 5.05. The second kappa shape index (κ2) is 9.34. The lowest BCUT2D eigenvalue weighted by Gasteiger charge is -2.07. The van der Waals surface area contributed by atoms with Crippen molar-refractivity contribution in [3.63, 3.8) is 0 Å². The van der Waals surface area contributed by atoms with E-state index in [9.17, 15) is 10.1 Å². The second-order valence-electron chi connectivity index (χ2n) is 7.07. The summed E-state index contributed by atoms with van der Waals surface area (Å²) in [6.45, 7) is 1.37. The van der Waals surface area contributed by atoms with Crippen LogP contribution in [0.1, 0.15) is 25.7 Å². The smallest absolute Gasteiger partial charge is 0.273 e. The van der Waals surface area contributed by atoms with Gasteiger partial charge in [0.1, 0.15) is 11.5 Å². The van der Waals surface area contributed by atoms with E-state index in [1.165, 1.54) is 43.9 Å². The normalized spacial score (nSPS) is 15.4. The Kier molecular flexibility index (Phi) is 6.86. The van der Waals surface area contributed by atoms with Crippen LogP contribution >= 0.6 is 23.2 Å². The molecule has 2 aliphatic rings. The Morgan fingerprint density at radius 1 is 0.929 bits per heavy atom. The number of hydrogen-bond acceptors (Lipinski definition) is 5. The molecule has 8 heteroatoms. The highest BCUT2D eigenvalue weighted by Crippen LogP contribution is 2.34. The van der Waals surface area contributed by atoms with Crippen molar-refractivity contribution >= 4 is 34.6 Å². The first-order valence-corrected chi connectivity index (χ1v) is 9.92. The molecule has 28 heavy (non-hydrogen) atoms. The number of non-ortho nitro benzene ring substituents is 1. The molecule has 0 radical (unpaired) electrons. The summed E-state index contributed by atoms with van der Waals surface area (Å²) in [5.74, 6) is 2.43. The lowest BCUT2D eigenvalue weighted by molar-refractivity contribution is -0.384. The molecule has 4 rings (SSSR count). The number of nitro groups is 1. The first-order valence-electron chi connectivity index (χ1n) is 9.17. The van der Waals surface area contributed by atoms with E-state index in [1.807, 2.05) is 0 Å². The van der Waals surface area contributed by atoms with Crippen molar-refractivity contribution in [2.75, 3.05) is 18.9 Å². The summed E-state index contributed by atoms with van der Waals surface area (Å²) >= 11 is 11.8. The molecule has 2 N–H and O–H groups in total. The van der Waals surface area contributed by atoms with Crippen molar-refractivity contribution in [2.45, 2.75) is 25.7 Å². The van der Waals surface area contributed by atoms with Crippen LogP contribution in [0.4, 0.5) is 11.4 Å². The fourth-order valence-electron chi connectivity index (χ4n) is 2.33. The predicted octanol–water partition coefficient (Wildman–Crippen LogP) is 5.75. The van der Waals surface area contributed by atoms with Gasteiger partial charge in [-0.15, -0.1) is 0 Å². The van der Waals surface area contributed by atoms with E-state index in [2.05, 4.69) is 0 Å². The summed E-state index contributed by atoms with van der Waals surface area (Å²) in [4.78, 5) is 10.1. The van der Waals surface area contributed by atoms with Gasteiger partial charge in [-0.25, -0.2) is 0 Å². The molecule has 2 aromatic carbocycles. The van der Waals surface area contributed by atoms with E-state index in [4.69, 9.17) is 38.4 Å². The molecule has 0 atom stereocenters. The molecule has 0 amide bonds. The molecule has 2 fully saturated rings. The molecule has 2 aromatic rings. The van der Waals surface area contributed by atoms with E-state index in [0.29, 0.717) is 39.8 Å². The van der Waals surface area contributed by atoms with Gasteiger partial charge in [0.25, 0.3) is 5.69 Å². The van der Waals surface area contributed by atoms with Crippen LogP contribution < -0.4 is 15.2 Å². The van der Waals surface area contributed by atoms with Crippen LogP contribution in [-0.2, 0) is 0 Å². The maximum atomic E-state index is 10.5. The number of hydrogen-bond donors (Lipinski definition) is 1. The average Bonchev–Trinajstić information content (AvgIpc) is 3.56. The molecule has 0 aliphatic heterocycles. The van der Waals surface area contributed by atoms with Gasteiger partial charge in [0.05, 0.1) is 34.2 Å². The monoisotopic (exact) mass is 424 g/mol. The van der Waals surface area contributed by atoms with E-state index < -0.39 is 4.92 Å². The summed E-state index contributed by atoms with van der Waals surface area (Å²) in [7, 11) is 0. The van der Waals surface area contributed by atoms with Crippen LogP contribution in [0.15, 0.2) is 36.4 Å². The maximum absolute atomic E-state index is 10.5.